The lowest BCUT2D eigenvalue weighted by Crippen LogP contribution is -2.47. The van der Waals surface area contributed by atoms with Crippen LogP contribution in [0.1, 0.15) is 33.6 Å². The van der Waals surface area contributed by atoms with Gasteiger partial charge in [-0.05, 0) is 61.7 Å². The van der Waals surface area contributed by atoms with Crippen molar-refractivity contribution >= 4 is 27.8 Å². The van der Waals surface area contributed by atoms with Crippen molar-refractivity contribution in [3.05, 3.63) is 22.8 Å². The Labute approximate surface area is 134 Å². The largest absolute Gasteiger partial charge is 0.444 e. The molecule has 1 amide bonds. The van der Waals surface area contributed by atoms with E-state index >= 15 is 0 Å². The lowest BCUT2D eigenvalue weighted by Gasteiger charge is -2.34. The highest BCUT2D eigenvalue weighted by molar-refractivity contribution is 9.10. The molecule has 0 unspecified atom stereocenters. The number of carbonyl (C=O) groups is 1. The van der Waals surface area contributed by atoms with E-state index in [0.29, 0.717) is 6.54 Å². The van der Waals surface area contributed by atoms with Gasteiger partial charge in [-0.15, -0.1) is 0 Å². The van der Waals surface area contributed by atoms with Gasteiger partial charge >= 0.3 is 6.09 Å². The molecule has 0 aliphatic carbocycles. The SMILES string of the molecule is CC(C)(C)OC(=O)N1CCC[C@H](Nc2cccc(Br)n2)C1. The minimum Gasteiger partial charge on any atom is -0.444 e. The Morgan fingerprint density at radius 2 is 2.24 bits per heavy atom. The molecule has 0 bridgehead atoms. The minimum atomic E-state index is -0.455. The Kier molecular flexibility index (Phi) is 5.08. The van der Waals surface area contributed by atoms with Crippen molar-refractivity contribution in [3.63, 3.8) is 0 Å². The molecule has 5 nitrogen and oxygen atoms in total. The molecule has 1 aromatic rings. The Balaban J connectivity index is 1.93. The van der Waals surface area contributed by atoms with Crippen molar-refractivity contribution in [1.82, 2.24) is 9.88 Å². The molecule has 0 spiro atoms. The second-order valence-electron chi connectivity index (χ2n) is 6.26. The third-order valence-electron chi connectivity index (χ3n) is 3.14. The lowest BCUT2D eigenvalue weighted by molar-refractivity contribution is 0.0206. The topological polar surface area (TPSA) is 54.5 Å². The summed E-state index contributed by atoms with van der Waals surface area (Å²) >= 11 is 3.36. The highest BCUT2D eigenvalue weighted by Crippen LogP contribution is 2.18. The van der Waals surface area contributed by atoms with Gasteiger partial charge in [0.05, 0.1) is 0 Å². The molecule has 0 saturated carbocycles. The van der Waals surface area contributed by atoms with Crippen LogP contribution in [0, 0.1) is 0 Å². The summed E-state index contributed by atoms with van der Waals surface area (Å²) in [5.41, 5.74) is -0.455. The third kappa shape index (κ3) is 5.19. The second kappa shape index (κ2) is 6.64. The van der Waals surface area contributed by atoms with Gasteiger partial charge in [-0.1, -0.05) is 6.07 Å². The quantitative estimate of drug-likeness (QED) is 0.822. The fourth-order valence-electron chi connectivity index (χ4n) is 2.29. The molecule has 1 saturated heterocycles. The van der Waals surface area contributed by atoms with E-state index < -0.39 is 5.60 Å². The van der Waals surface area contributed by atoms with Crippen LogP contribution in [-0.2, 0) is 4.74 Å². The van der Waals surface area contributed by atoms with E-state index in [1.165, 1.54) is 0 Å². The summed E-state index contributed by atoms with van der Waals surface area (Å²) in [6.45, 7) is 7.05. The van der Waals surface area contributed by atoms with Crippen LogP contribution in [0.25, 0.3) is 0 Å². The summed E-state index contributed by atoms with van der Waals surface area (Å²) in [4.78, 5) is 18.3. The normalized spacial score (nSPS) is 19.2. The Bertz CT molecular complexity index is 502. The number of amides is 1. The molecule has 1 N–H and O–H groups in total. The molecule has 1 aliphatic heterocycles. The van der Waals surface area contributed by atoms with Gasteiger partial charge in [-0.25, -0.2) is 9.78 Å². The number of halogens is 1. The van der Waals surface area contributed by atoms with Crippen LogP contribution in [0.3, 0.4) is 0 Å². The summed E-state index contributed by atoms with van der Waals surface area (Å²) in [5.74, 6) is 0.820. The van der Waals surface area contributed by atoms with E-state index in [1.54, 1.807) is 4.90 Å². The monoisotopic (exact) mass is 355 g/mol. The summed E-state index contributed by atoms with van der Waals surface area (Å²) in [7, 11) is 0. The van der Waals surface area contributed by atoms with Gasteiger partial charge in [0.2, 0.25) is 0 Å². The average Bonchev–Trinajstić information content (AvgIpc) is 2.37. The van der Waals surface area contributed by atoms with Gasteiger partial charge in [-0.2, -0.15) is 0 Å². The molecule has 0 aromatic carbocycles. The third-order valence-corrected chi connectivity index (χ3v) is 3.58. The molecule has 1 atom stereocenters. The lowest BCUT2D eigenvalue weighted by atomic mass is 10.1. The summed E-state index contributed by atoms with van der Waals surface area (Å²) in [6, 6.07) is 5.96. The summed E-state index contributed by atoms with van der Waals surface area (Å²) < 4.78 is 6.23. The van der Waals surface area contributed by atoms with Gasteiger partial charge in [0.25, 0.3) is 0 Å². The van der Waals surface area contributed by atoms with Crippen molar-refractivity contribution in [2.45, 2.75) is 45.3 Å². The van der Waals surface area contributed by atoms with Crippen LogP contribution in [0.4, 0.5) is 10.6 Å². The summed E-state index contributed by atoms with van der Waals surface area (Å²) in [5, 5.41) is 3.38. The van der Waals surface area contributed by atoms with Crippen LogP contribution in [0.5, 0.6) is 0 Å². The first-order valence-corrected chi connectivity index (χ1v) is 8.00. The second-order valence-corrected chi connectivity index (χ2v) is 7.07. The number of anilines is 1. The van der Waals surface area contributed by atoms with Crippen molar-refractivity contribution in [2.24, 2.45) is 0 Å². The predicted octanol–water partition coefficient (Wildman–Crippen LogP) is 3.66. The fraction of sp³-hybridized carbons (Fsp3) is 0.600. The zero-order chi connectivity index (χ0) is 15.5. The fourth-order valence-corrected chi connectivity index (χ4v) is 2.63. The number of carbonyl (C=O) groups excluding carboxylic acids is 1. The maximum atomic E-state index is 12.1. The molecule has 1 fully saturated rings. The predicted molar refractivity (Wildman–Crippen MR) is 86.4 cm³/mol. The standard InChI is InChI=1S/C15H22BrN3O2/c1-15(2,3)21-14(20)19-9-5-6-11(10-19)17-13-8-4-7-12(16)18-13/h4,7-8,11H,5-6,9-10H2,1-3H3,(H,17,18)/t11-/m0/s1. The van der Waals surface area contributed by atoms with Crippen LogP contribution in [-0.4, -0.2) is 40.7 Å². The molecule has 116 valence electrons. The van der Waals surface area contributed by atoms with Crippen LogP contribution < -0.4 is 5.32 Å². The number of pyridine rings is 1. The number of aromatic nitrogens is 1. The van der Waals surface area contributed by atoms with Crippen molar-refractivity contribution in [3.8, 4) is 0 Å². The van der Waals surface area contributed by atoms with E-state index in [2.05, 4.69) is 26.2 Å². The first-order valence-electron chi connectivity index (χ1n) is 7.20. The number of nitrogens with one attached hydrogen (secondary N) is 1. The van der Waals surface area contributed by atoms with Gasteiger partial charge in [0.15, 0.2) is 0 Å². The maximum absolute atomic E-state index is 12.1. The highest BCUT2D eigenvalue weighted by Gasteiger charge is 2.27. The number of ether oxygens (including phenoxy) is 1. The van der Waals surface area contributed by atoms with Crippen LogP contribution in [0.15, 0.2) is 22.8 Å². The van der Waals surface area contributed by atoms with E-state index in [9.17, 15) is 4.79 Å². The maximum Gasteiger partial charge on any atom is 0.410 e. The number of hydrogen-bond donors (Lipinski definition) is 1. The zero-order valence-corrected chi connectivity index (χ0v) is 14.3. The van der Waals surface area contributed by atoms with E-state index in [4.69, 9.17) is 4.74 Å². The van der Waals surface area contributed by atoms with Crippen molar-refractivity contribution in [2.75, 3.05) is 18.4 Å². The van der Waals surface area contributed by atoms with Crippen molar-refractivity contribution < 1.29 is 9.53 Å². The molecular weight excluding hydrogens is 334 g/mol. The molecular formula is C15H22BrN3O2. The number of hydrogen-bond acceptors (Lipinski definition) is 4. The minimum absolute atomic E-state index is 0.202. The van der Waals surface area contributed by atoms with Gasteiger partial charge in [0.1, 0.15) is 16.0 Å². The molecule has 2 rings (SSSR count). The molecule has 1 aliphatic rings. The average molecular weight is 356 g/mol. The van der Waals surface area contributed by atoms with Crippen LogP contribution >= 0.6 is 15.9 Å². The molecule has 21 heavy (non-hydrogen) atoms. The number of nitrogens with zero attached hydrogens (tertiary/aromatic N) is 2. The van der Waals surface area contributed by atoms with Gasteiger partial charge in [0, 0.05) is 19.1 Å². The molecule has 2 heterocycles. The number of likely N-dealkylation sites (tertiary alicyclic amines) is 1. The molecule has 6 heteroatoms. The van der Waals surface area contributed by atoms with Gasteiger partial charge < -0.3 is 15.0 Å². The zero-order valence-electron chi connectivity index (χ0n) is 12.7. The van der Waals surface area contributed by atoms with Crippen molar-refractivity contribution in [1.29, 1.82) is 0 Å². The number of rotatable bonds is 2. The van der Waals surface area contributed by atoms with Crippen LogP contribution in [0.2, 0.25) is 0 Å². The Morgan fingerprint density at radius 3 is 2.90 bits per heavy atom. The number of piperidine rings is 1. The first kappa shape index (κ1) is 16.1. The molecule has 1 aromatic heterocycles. The van der Waals surface area contributed by atoms with E-state index in [0.717, 1.165) is 29.8 Å². The summed E-state index contributed by atoms with van der Waals surface area (Å²) in [6.07, 6.45) is 1.74. The smallest absolute Gasteiger partial charge is 0.410 e. The Morgan fingerprint density at radius 1 is 1.48 bits per heavy atom. The van der Waals surface area contributed by atoms with Gasteiger partial charge in [-0.3, -0.25) is 0 Å². The molecule has 0 radical (unpaired) electrons. The highest BCUT2D eigenvalue weighted by atomic mass is 79.9. The van der Waals surface area contributed by atoms with E-state index in [-0.39, 0.29) is 12.1 Å². The Hall–Kier alpha value is -1.30. The van der Waals surface area contributed by atoms with E-state index in [1.807, 2.05) is 39.0 Å². The first-order chi connectivity index (χ1) is 9.83.